The van der Waals surface area contributed by atoms with Gasteiger partial charge in [0.05, 0.1) is 5.54 Å². The molecule has 1 aliphatic carbocycles. The fourth-order valence-corrected chi connectivity index (χ4v) is 2.12. The molecule has 1 amide bonds. The first kappa shape index (κ1) is 15.3. The van der Waals surface area contributed by atoms with Crippen molar-refractivity contribution in [1.29, 1.82) is 0 Å². The molecule has 1 heterocycles. The van der Waals surface area contributed by atoms with Crippen LogP contribution in [0.2, 0.25) is 0 Å². The van der Waals surface area contributed by atoms with Crippen molar-refractivity contribution in [1.82, 2.24) is 15.3 Å². The van der Waals surface area contributed by atoms with E-state index in [1.807, 2.05) is 0 Å². The van der Waals surface area contributed by atoms with Crippen LogP contribution in [0.15, 0.2) is 12.3 Å². The number of carbonyl (C=O) groups excluding carboxylic acids is 1. The number of hydrogen-bond acceptors (Lipinski definition) is 4. The van der Waals surface area contributed by atoms with Gasteiger partial charge in [0.1, 0.15) is 11.6 Å². The molecule has 6 nitrogen and oxygen atoms in total. The number of amides is 1. The number of nitrogens with zero attached hydrogens (tertiary/aromatic N) is 2. The smallest absolute Gasteiger partial charge is 0.315 e. The zero-order valence-corrected chi connectivity index (χ0v) is 11.3. The van der Waals surface area contributed by atoms with E-state index in [0.717, 1.165) is 12.5 Å². The largest absolute Gasteiger partial charge is 0.481 e. The van der Waals surface area contributed by atoms with Crippen LogP contribution in [0.5, 0.6) is 0 Å². The van der Waals surface area contributed by atoms with Gasteiger partial charge in [0.2, 0.25) is 5.91 Å². The van der Waals surface area contributed by atoms with Crippen LogP contribution < -0.4 is 5.32 Å². The molecule has 21 heavy (non-hydrogen) atoms. The molecule has 1 saturated carbocycles. The summed E-state index contributed by atoms with van der Waals surface area (Å²) in [5.74, 6) is -3.03. The Morgan fingerprint density at radius 3 is 2.57 bits per heavy atom. The fraction of sp³-hybridized carbons (Fsp3) is 0.538. The number of aromatic nitrogens is 2. The Labute approximate surface area is 119 Å². The summed E-state index contributed by atoms with van der Waals surface area (Å²) >= 11 is 0. The molecule has 1 atom stereocenters. The Morgan fingerprint density at radius 2 is 2.10 bits per heavy atom. The number of hydrogen-bond donors (Lipinski definition) is 2. The lowest BCUT2D eigenvalue weighted by atomic mass is 9.75. The number of carboxylic acid groups (broad SMARTS) is 1. The third-order valence-corrected chi connectivity index (χ3v) is 3.66. The molecule has 0 aliphatic heterocycles. The van der Waals surface area contributed by atoms with E-state index in [9.17, 15) is 18.4 Å². The van der Waals surface area contributed by atoms with Crippen LogP contribution in [-0.2, 0) is 15.1 Å². The molecule has 1 aromatic heterocycles. The van der Waals surface area contributed by atoms with Gasteiger partial charge in [-0.25, -0.2) is 18.7 Å². The van der Waals surface area contributed by atoms with E-state index in [0.29, 0.717) is 12.8 Å². The summed E-state index contributed by atoms with van der Waals surface area (Å²) in [6.45, 7) is 1.26. The zero-order chi connectivity index (χ0) is 15.6. The van der Waals surface area contributed by atoms with E-state index < -0.39 is 35.5 Å². The van der Waals surface area contributed by atoms with Gasteiger partial charge in [-0.15, -0.1) is 0 Å². The first-order valence-corrected chi connectivity index (χ1v) is 6.52. The van der Waals surface area contributed by atoms with Gasteiger partial charge >= 0.3 is 5.97 Å². The van der Waals surface area contributed by atoms with Crippen LogP contribution >= 0.6 is 0 Å². The van der Waals surface area contributed by atoms with Gasteiger partial charge in [-0.3, -0.25) is 9.59 Å². The Morgan fingerprint density at radius 1 is 1.43 bits per heavy atom. The number of halogens is 2. The second kappa shape index (κ2) is 5.71. The van der Waals surface area contributed by atoms with Gasteiger partial charge in [0, 0.05) is 6.20 Å². The highest BCUT2D eigenvalue weighted by Crippen LogP contribution is 2.40. The van der Waals surface area contributed by atoms with E-state index in [-0.39, 0.29) is 5.82 Å². The quantitative estimate of drug-likeness (QED) is 0.806. The molecule has 114 valence electrons. The molecule has 1 aliphatic rings. The minimum Gasteiger partial charge on any atom is -0.481 e. The number of rotatable bonds is 5. The van der Waals surface area contributed by atoms with Gasteiger partial charge in [0.15, 0.2) is 5.82 Å². The summed E-state index contributed by atoms with van der Waals surface area (Å²) in [6, 6.07) is 1.11. The minimum absolute atomic E-state index is 0.109. The topological polar surface area (TPSA) is 92.2 Å². The highest BCUT2D eigenvalue weighted by atomic mass is 19.3. The molecule has 1 fully saturated rings. The Kier molecular flexibility index (Phi) is 4.15. The number of nitrogens with one attached hydrogen (secondary N) is 1. The van der Waals surface area contributed by atoms with E-state index >= 15 is 0 Å². The average Bonchev–Trinajstić information content (AvgIpc) is 2.41. The molecule has 1 aromatic rings. The van der Waals surface area contributed by atoms with Gasteiger partial charge < -0.3 is 10.4 Å². The van der Waals surface area contributed by atoms with Crippen molar-refractivity contribution in [2.24, 2.45) is 5.92 Å². The summed E-state index contributed by atoms with van der Waals surface area (Å²) in [6.07, 6.45) is 0.272. The first-order valence-electron chi connectivity index (χ1n) is 6.52. The van der Waals surface area contributed by atoms with Crippen LogP contribution in [0.3, 0.4) is 0 Å². The van der Waals surface area contributed by atoms with Gasteiger partial charge in [-0.05, 0) is 32.3 Å². The standard InChI is InChI=1S/C13H15F2N3O3/c1-7(11(20)21)10(19)18-13(4-2-5-13)12-16-6-3-8(17-12)9(14)15/h3,6-7,9H,2,4-5H2,1H3,(H,18,19)(H,20,21). The maximum Gasteiger partial charge on any atom is 0.315 e. The second-order valence-corrected chi connectivity index (χ2v) is 5.09. The van der Waals surface area contributed by atoms with Crippen LogP contribution in [0.4, 0.5) is 8.78 Å². The van der Waals surface area contributed by atoms with Gasteiger partial charge in [-0.1, -0.05) is 0 Å². The van der Waals surface area contributed by atoms with Crippen molar-refractivity contribution in [2.45, 2.75) is 38.2 Å². The molecular weight excluding hydrogens is 284 g/mol. The fourth-order valence-electron chi connectivity index (χ4n) is 2.12. The minimum atomic E-state index is -2.72. The van der Waals surface area contributed by atoms with Crippen LogP contribution in [-0.4, -0.2) is 27.0 Å². The molecule has 0 saturated heterocycles. The molecule has 1 unspecified atom stereocenters. The van der Waals surface area contributed by atoms with E-state index in [4.69, 9.17) is 5.11 Å². The second-order valence-electron chi connectivity index (χ2n) is 5.09. The van der Waals surface area contributed by atoms with Crippen molar-refractivity contribution in [2.75, 3.05) is 0 Å². The lowest BCUT2D eigenvalue weighted by Gasteiger charge is -2.41. The third kappa shape index (κ3) is 2.98. The van der Waals surface area contributed by atoms with Crippen molar-refractivity contribution >= 4 is 11.9 Å². The van der Waals surface area contributed by atoms with Crippen molar-refractivity contribution < 1.29 is 23.5 Å². The predicted octanol–water partition coefficient (Wildman–Crippen LogP) is 1.63. The molecular formula is C13H15F2N3O3. The summed E-state index contributed by atoms with van der Waals surface area (Å²) in [5.41, 5.74) is -1.35. The summed E-state index contributed by atoms with van der Waals surface area (Å²) in [5, 5.41) is 11.4. The zero-order valence-electron chi connectivity index (χ0n) is 11.3. The molecule has 0 aromatic carbocycles. The van der Waals surface area contributed by atoms with Crippen LogP contribution in [0.1, 0.15) is 44.1 Å². The monoisotopic (exact) mass is 299 g/mol. The lowest BCUT2D eigenvalue weighted by molar-refractivity contribution is -0.147. The number of carboxylic acids is 1. The van der Waals surface area contributed by atoms with Crippen molar-refractivity contribution in [3.05, 3.63) is 23.8 Å². The van der Waals surface area contributed by atoms with Crippen molar-refractivity contribution in [3.8, 4) is 0 Å². The molecule has 0 radical (unpaired) electrons. The van der Waals surface area contributed by atoms with E-state index in [1.54, 1.807) is 0 Å². The Bertz CT molecular complexity index is 561. The Hall–Kier alpha value is -2.12. The maximum atomic E-state index is 12.7. The summed E-state index contributed by atoms with van der Waals surface area (Å²) in [7, 11) is 0. The van der Waals surface area contributed by atoms with E-state index in [1.165, 1.54) is 13.1 Å². The number of carbonyl (C=O) groups is 2. The molecule has 0 spiro atoms. The molecule has 0 bridgehead atoms. The predicted molar refractivity (Wildman–Crippen MR) is 67.5 cm³/mol. The van der Waals surface area contributed by atoms with E-state index in [2.05, 4.69) is 15.3 Å². The first-order chi connectivity index (χ1) is 9.85. The number of alkyl halides is 2. The summed E-state index contributed by atoms with van der Waals surface area (Å²) in [4.78, 5) is 30.5. The van der Waals surface area contributed by atoms with Gasteiger partial charge in [0.25, 0.3) is 6.43 Å². The van der Waals surface area contributed by atoms with Crippen LogP contribution in [0.25, 0.3) is 0 Å². The highest BCUT2D eigenvalue weighted by molar-refractivity contribution is 5.96. The normalized spacial score (nSPS) is 17.9. The molecule has 2 N–H and O–H groups in total. The molecule has 8 heteroatoms. The Balaban J connectivity index is 2.24. The number of aliphatic carboxylic acids is 1. The summed E-state index contributed by atoms with van der Waals surface area (Å²) < 4.78 is 25.4. The highest BCUT2D eigenvalue weighted by Gasteiger charge is 2.44. The lowest BCUT2D eigenvalue weighted by Crippen LogP contribution is -2.54. The molecule has 2 rings (SSSR count). The van der Waals surface area contributed by atoms with Gasteiger partial charge in [-0.2, -0.15) is 0 Å². The average molecular weight is 299 g/mol. The van der Waals surface area contributed by atoms with Crippen molar-refractivity contribution in [3.63, 3.8) is 0 Å². The maximum absolute atomic E-state index is 12.7. The third-order valence-electron chi connectivity index (χ3n) is 3.66. The van der Waals surface area contributed by atoms with Crippen LogP contribution in [0, 0.1) is 5.92 Å². The SMILES string of the molecule is CC(C(=O)O)C(=O)NC1(c2nccc(C(F)F)n2)CCC1.